The van der Waals surface area contributed by atoms with Gasteiger partial charge in [-0.1, -0.05) is 53.4 Å². The number of Topliss-reactive ketones (excluding diaryl/α,β-unsaturated/α-hetero) is 1. The molecule has 0 spiro atoms. The second-order valence-corrected chi connectivity index (χ2v) is 6.99. The van der Waals surface area contributed by atoms with E-state index < -0.39 is 0 Å². The average molecular weight is 371 g/mol. The number of benzene rings is 1. The van der Waals surface area contributed by atoms with E-state index in [9.17, 15) is 9.59 Å². The molecule has 0 radical (unpaired) electrons. The molecule has 0 unspecified atom stereocenters. The quantitative estimate of drug-likeness (QED) is 0.295. The lowest BCUT2D eigenvalue weighted by Gasteiger charge is -1.98. The Morgan fingerprint density at radius 2 is 2.00 bits per heavy atom. The molecule has 0 fully saturated rings. The van der Waals surface area contributed by atoms with Crippen LogP contribution in [0.15, 0.2) is 63.6 Å². The van der Waals surface area contributed by atoms with Gasteiger partial charge in [-0.2, -0.15) is 0 Å². The van der Waals surface area contributed by atoms with E-state index in [1.54, 1.807) is 30.3 Å². The van der Waals surface area contributed by atoms with Crippen molar-refractivity contribution >= 4 is 46.0 Å². The number of furan rings is 1. The second-order valence-electron chi connectivity index (χ2n) is 4.79. The van der Waals surface area contributed by atoms with Crippen molar-refractivity contribution in [1.29, 1.82) is 0 Å². The average Bonchev–Trinajstić information content (AvgIpc) is 3.30. The molecule has 25 heavy (non-hydrogen) atoms. The number of hydrogen-bond donors (Lipinski definition) is 1. The summed E-state index contributed by atoms with van der Waals surface area (Å²) in [4.78, 5) is 23.9. The van der Waals surface area contributed by atoms with Crippen LogP contribution in [0.3, 0.4) is 0 Å². The molecule has 3 aromatic rings. The van der Waals surface area contributed by atoms with Crippen LogP contribution in [0, 0.1) is 0 Å². The van der Waals surface area contributed by atoms with Crippen LogP contribution in [0.5, 0.6) is 0 Å². The third kappa shape index (κ3) is 5.13. The number of aromatic nitrogens is 2. The molecule has 1 aromatic carbocycles. The maximum atomic E-state index is 12.0. The number of carbonyl (C=O) groups excluding carboxylic acids is 2. The number of nitrogens with one attached hydrogen (secondary N) is 1. The van der Waals surface area contributed by atoms with E-state index in [1.165, 1.54) is 35.4 Å². The summed E-state index contributed by atoms with van der Waals surface area (Å²) < 4.78 is 5.72. The minimum Gasteiger partial charge on any atom is -0.465 e. The molecule has 3 rings (SSSR count). The molecule has 0 saturated heterocycles. The van der Waals surface area contributed by atoms with Gasteiger partial charge >= 0.3 is 0 Å². The monoisotopic (exact) mass is 371 g/mol. The number of nitrogens with zero attached hydrogens (tertiary/aromatic N) is 2. The van der Waals surface area contributed by atoms with Crippen LogP contribution in [0.2, 0.25) is 0 Å². The Morgan fingerprint density at radius 3 is 2.76 bits per heavy atom. The fourth-order valence-corrected chi connectivity index (χ4v) is 3.49. The molecule has 0 atom stereocenters. The normalized spacial score (nSPS) is 10.9. The third-order valence-electron chi connectivity index (χ3n) is 3.00. The molecular weight excluding hydrogens is 358 g/mol. The zero-order chi connectivity index (χ0) is 17.5. The third-order valence-corrected chi connectivity index (χ3v) is 4.97. The molecular formula is C17H13N3O3S2. The van der Waals surface area contributed by atoms with Gasteiger partial charge in [-0.25, -0.2) is 0 Å². The standard InChI is InChI=1S/C17H13N3O3S2/c21-14(12-5-2-1-3-6-12)11-24-17-20-19-16(25-17)18-15(22)9-8-13-7-4-10-23-13/h1-10H,11H2,(H,18,19,22)/b9-8+. The lowest BCUT2D eigenvalue weighted by molar-refractivity contribution is -0.111. The first-order chi connectivity index (χ1) is 12.2. The fraction of sp³-hybridized carbons (Fsp3) is 0.0588. The first kappa shape index (κ1) is 17.1. The van der Waals surface area contributed by atoms with Gasteiger partial charge in [0.1, 0.15) is 5.76 Å². The summed E-state index contributed by atoms with van der Waals surface area (Å²) in [5.74, 6) is 0.547. The summed E-state index contributed by atoms with van der Waals surface area (Å²) in [6.07, 6.45) is 4.44. The minimum absolute atomic E-state index is 0.0211. The highest BCUT2D eigenvalue weighted by molar-refractivity contribution is 8.01. The molecule has 0 aliphatic heterocycles. The van der Waals surface area contributed by atoms with Gasteiger partial charge in [0, 0.05) is 11.6 Å². The first-order valence-corrected chi connectivity index (χ1v) is 9.08. The van der Waals surface area contributed by atoms with Crippen molar-refractivity contribution in [1.82, 2.24) is 10.2 Å². The molecule has 126 valence electrons. The van der Waals surface area contributed by atoms with E-state index in [0.717, 1.165) is 0 Å². The maximum Gasteiger partial charge on any atom is 0.250 e. The van der Waals surface area contributed by atoms with Gasteiger partial charge in [-0.05, 0) is 18.2 Å². The van der Waals surface area contributed by atoms with Gasteiger partial charge in [0.15, 0.2) is 10.1 Å². The van der Waals surface area contributed by atoms with Crippen molar-refractivity contribution < 1.29 is 14.0 Å². The van der Waals surface area contributed by atoms with Crippen LogP contribution in [0.25, 0.3) is 6.08 Å². The summed E-state index contributed by atoms with van der Waals surface area (Å²) in [7, 11) is 0. The summed E-state index contributed by atoms with van der Waals surface area (Å²) in [6.45, 7) is 0. The molecule has 0 aliphatic carbocycles. The van der Waals surface area contributed by atoms with Crippen molar-refractivity contribution in [2.75, 3.05) is 11.1 Å². The highest BCUT2D eigenvalue weighted by atomic mass is 32.2. The topological polar surface area (TPSA) is 85.1 Å². The molecule has 0 aliphatic rings. The summed E-state index contributed by atoms with van der Waals surface area (Å²) in [6, 6.07) is 12.6. The zero-order valence-corrected chi connectivity index (χ0v) is 14.5. The molecule has 1 N–H and O–H groups in total. The van der Waals surface area contributed by atoms with Crippen LogP contribution in [-0.4, -0.2) is 27.6 Å². The summed E-state index contributed by atoms with van der Waals surface area (Å²) in [5.41, 5.74) is 0.663. The summed E-state index contributed by atoms with van der Waals surface area (Å²) in [5, 5.41) is 10.9. The molecule has 6 nitrogen and oxygen atoms in total. The number of anilines is 1. The number of rotatable bonds is 7. The van der Waals surface area contributed by atoms with E-state index in [0.29, 0.717) is 20.8 Å². The van der Waals surface area contributed by atoms with E-state index in [2.05, 4.69) is 15.5 Å². The van der Waals surface area contributed by atoms with Crippen LogP contribution in [0.4, 0.5) is 5.13 Å². The van der Waals surface area contributed by atoms with Gasteiger partial charge in [-0.3, -0.25) is 14.9 Å². The molecule has 0 saturated carbocycles. The van der Waals surface area contributed by atoms with E-state index in [1.807, 2.05) is 18.2 Å². The molecule has 2 heterocycles. The van der Waals surface area contributed by atoms with Crippen molar-refractivity contribution in [2.24, 2.45) is 0 Å². The predicted octanol–water partition coefficient (Wildman–Crippen LogP) is 3.76. The maximum absolute atomic E-state index is 12.0. The number of thioether (sulfide) groups is 1. The molecule has 8 heteroatoms. The lowest BCUT2D eigenvalue weighted by atomic mass is 10.2. The van der Waals surface area contributed by atoms with Crippen LogP contribution in [0.1, 0.15) is 16.1 Å². The van der Waals surface area contributed by atoms with E-state index in [-0.39, 0.29) is 17.4 Å². The Hall–Kier alpha value is -2.71. The fourth-order valence-electron chi connectivity index (χ4n) is 1.84. The molecule has 1 amide bonds. The van der Waals surface area contributed by atoms with Gasteiger partial charge in [0.2, 0.25) is 11.0 Å². The van der Waals surface area contributed by atoms with Crippen molar-refractivity contribution in [2.45, 2.75) is 4.34 Å². The number of ketones is 1. The number of carbonyl (C=O) groups is 2. The highest BCUT2D eigenvalue weighted by Crippen LogP contribution is 2.26. The Labute approximate surface area is 152 Å². The number of amides is 1. The highest BCUT2D eigenvalue weighted by Gasteiger charge is 2.10. The van der Waals surface area contributed by atoms with Crippen LogP contribution in [-0.2, 0) is 4.79 Å². The summed E-state index contributed by atoms with van der Waals surface area (Å²) >= 11 is 2.51. The van der Waals surface area contributed by atoms with Gasteiger partial charge in [0.25, 0.3) is 0 Å². The SMILES string of the molecule is O=C(/C=C/c1ccco1)Nc1nnc(SCC(=O)c2ccccc2)s1. The predicted molar refractivity (Wildman–Crippen MR) is 97.8 cm³/mol. The van der Waals surface area contributed by atoms with Crippen molar-refractivity contribution in [3.05, 3.63) is 66.1 Å². The van der Waals surface area contributed by atoms with Crippen molar-refractivity contribution in [3.63, 3.8) is 0 Å². The number of hydrogen-bond acceptors (Lipinski definition) is 7. The first-order valence-electron chi connectivity index (χ1n) is 7.28. The molecule has 0 bridgehead atoms. The van der Waals surface area contributed by atoms with Crippen LogP contribution < -0.4 is 5.32 Å². The lowest BCUT2D eigenvalue weighted by Crippen LogP contribution is -2.07. The smallest absolute Gasteiger partial charge is 0.250 e. The Kier molecular flexibility index (Phi) is 5.76. The van der Waals surface area contributed by atoms with Gasteiger partial charge in [-0.15, -0.1) is 10.2 Å². The Morgan fingerprint density at radius 1 is 1.16 bits per heavy atom. The minimum atomic E-state index is -0.329. The zero-order valence-electron chi connectivity index (χ0n) is 12.9. The van der Waals surface area contributed by atoms with E-state index >= 15 is 0 Å². The van der Waals surface area contributed by atoms with Crippen LogP contribution >= 0.6 is 23.1 Å². The van der Waals surface area contributed by atoms with E-state index in [4.69, 9.17) is 4.42 Å². The Bertz CT molecular complexity index is 874. The Balaban J connectivity index is 1.50. The van der Waals surface area contributed by atoms with Gasteiger partial charge < -0.3 is 4.42 Å². The molecule has 2 aromatic heterocycles. The largest absolute Gasteiger partial charge is 0.465 e. The second kappa shape index (κ2) is 8.41. The van der Waals surface area contributed by atoms with Crippen molar-refractivity contribution in [3.8, 4) is 0 Å². The van der Waals surface area contributed by atoms with Gasteiger partial charge in [0.05, 0.1) is 12.0 Å².